The van der Waals surface area contributed by atoms with Crippen LogP contribution in [-0.4, -0.2) is 16.2 Å². The second-order valence-electron chi connectivity index (χ2n) is 3.81. The predicted octanol–water partition coefficient (Wildman–Crippen LogP) is 2.98. The number of hydrogen-bond acceptors (Lipinski definition) is 4. The smallest absolute Gasteiger partial charge is 0.358 e. The minimum Gasteiger partial charge on any atom is -0.485 e. The number of hydrogen-bond donors (Lipinski definition) is 1. The van der Waals surface area contributed by atoms with Gasteiger partial charge in [0.25, 0.3) is 0 Å². The van der Waals surface area contributed by atoms with E-state index in [2.05, 4.69) is 5.16 Å². The number of carbonyl (C=O) groups is 1. The Hall–Kier alpha value is -2.56. The van der Waals surface area contributed by atoms with Gasteiger partial charge in [-0.25, -0.2) is 4.79 Å². The van der Waals surface area contributed by atoms with Gasteiger partial charge in [0.1, 0.15) is 12.4 Å². The third-order valence-corrected chi connectivity index (χ3v) is 2.41. The summed E-state index contributed by atoms with van der Waals surface area (Å²) in [4.78, 5) is 10.7. The number of allylic oxidation sites excluding steroid dienone is 1. The quantitative estimate of drug-likeness (QED) is 0.893. The highest BCUT2D eigenvalue weighted by molar-refractivity contribution is 5.85. The lowest BCUT2D eigenvalue weighted by Crippen LogP contribution is -1.96. The van der Waals surface area contributed by atoms with Gasteiger partial charge < -0.3 is 14.4 Å². The highest BCUT2D eigenvalue weighted by Crippen LogP contribution is 2.20. The number of carboxylic acids is 1. The van der Waals surface area contributed by atoms with Gasteiger partial charge in [0.2, 0.25) is 0 Å². The average Bonchev–Trinajstić information content (AvgIpc) is 2.87. The molecule has 0 saturated heterocycles. The summed E-state index contributed by atoms with van der Waals surface area (Å²) in [6, 6.07) is 8.90. The Kier molecular flexibility index (Phi) is 3.97. The molecule has 0 unspecified atom stereocenters. The van der Waals surface area contributed by atoms with Gasteiger partial charge in [-0.2, -0.15) is 0 Å². The molecule has 2 rings (SSSR count). The summed E-state index contributed by atoms with van der Waals surface area (Å²) < 4.78 is 10.5. The van der Waals surface area contributed by atoms with E-state index in [0.717, 1.165) is 5.56 Å². The van der Waals surface area contributed by atoms with Crippen molar-refractivity contribution in [3.63, 3.8) is 0 Å². The van der Waals surface area contributed by atoms with Crippen LogP contribution in [-0.2, 0) is 6.61 Å². The van der Waals surface area contributed by atoms with Crippen molar-refractivity contribution in [1.82, 2.24) is 5.16 Å². The van der Waals surface area contributed by atoms with Crippen LogP contribution in [0.4, 0.5) is 0 Å². The van der Waals surface area contributed by atoms with E-state index in [9.17, 15) is 4.79 Å². The van der Waals surface area contributed by atoms with Crippen LogP contribution < -0.4 is 4.74 Å². The molecule has 0 bridgehead atoms. The van der Waals surface area contributed by atoms with Crippen molar-refractivity contribution in [2.24, 2.45) is 0 Å². The fourth-order valence-corrected chi connectivity index (χ4v) is 1.56. The Labute approximate surface area is 110 Å². The van der Waals surface area contributed by atoms with Gasteiger partial charge in [-0.05, 0) is 13.0 Å². The fourth-order valence-electron chi connectivity index (χ4n) is 1.56. The number of aromatic carboxylic acids is 1. The molecule has 0 aliphatic heterocycles. The molecule has 5 heteroatoms. The van der Waals surface area contributed by atoms with E-state index in [4.69, 9.17) is 14.4 Å². The van der Waals surface area contributed by atoms with E-state index < -0.39 is 5.97 Å². The number of benzene rings is 1. The summed E-state index contributed by atoms with van der Waals surface area (Å²) >= 11 is 0. The first-order chi connectivity index (χ1) is 9.20. The molecule has 0 aliphatic carbocycles. The summed E-state index contributed by atoms with van der Waals surface area (Å²) in [7, 11) is 0. The maximum atomic E-state index is 10.7. The molecule has 1 N–H and O–H groups in total. The van der Waals surface area contributed by atoms with Crippen molar-refractivity contribution in [3.8, 4) is 5.75 Å². The highest BCUT2D eigenvalue weighted by atomic mass is 16.5. The van der Waals surface area contributed by atoms with Crippen molar-refractivity contribution in [3.05, 3.63) is 53.4 Å². The first kappa shape index (κ1) is 12.9. The minimum atomic E-state index is -1.12. The molecule has 0 fully saturated rings. The largest absolute Gasteiger partial charge is 0.485 e. The van der Waals surface area contributed by atoms with Crippen molar-refractivity contribution in [1.29, 1.82) is 0 Å². The van der Waals surface area contributed by atoms with Crippen molar-refractivity contribution < 1.29 is 19.2 Å². The molecule has 0 aliphatic rings. The molecule has 5 nitrogen and oxygen atoms in total. The normalized spacial score (nSPS) is 10.8. The van der Waals surface area contributed by atoms with Crippen LogP contribution in [0.25, 0.3) is 6.08 Å². The number of carboxylic acid groups (broad SMARTS) is 1. The number of nitrogens with zero attached hydrogens (tertiary/aromatic N) is 1. The lowest BCUT2D eigenvalue weighted by atomic mass is 10.2. The Morgan fingerprint density at radius 1 is 1.47 bits per heavy atom. The van der Waals surface area contributed by atoms with Gasteiger partial charge in [-0.15, -0.1) is 0 Å². The number of aromatic nitrogens is 1. The predicted molar refractivity (Wildman–Crippen MR) is 68.9 cm³/mol. The van der Waals surface area contributed by atoms with E-state index in [1.165, 1.54) is 6.07 Å². The standard InChI is InChI=1S/C14H13NO4/c1-2-5-10-6-3-4-7-13(10)18-9-11-8-12(14(16)17)15-19-11/h2-8H,9H2,1H3,(H,16,17)/b5-2+. The number of rotatable bonds is 5. The van der Waals surface area contributed by atoms with E-state index in [1.807, 2.05) is 43.3 Å². The first-order valence-corrected chi connectivity index (χ1v) is 5.74. The van der Waals surface area contributed by atoms with Crippen LogP contribution in [0.2, 0.25) is 0 Å². The van der Waals surface area contributed by atoms with Crippen LogP contribution >= 0.6 is 0 Å². The second kappa shape index (κ2) is 5.86. The van der Waals surface area contributed by atoms with Gasteiger partial charge in [0.05, 0.1) is 0 Å². The zero-order valence-corrected chi connectivity index (χ0v) is 10.4. The summed E-state index contributed by atoms with van der Waals surface area (Å²) in [5.41, 5.74) is 0.823. The number of ether oxygens (including phenoxy) is 1. The van der Waals surface area contributed by atoms with E-state index >= 15 is 0 Å². The zero-order chi connectivity index (χ0) is 13.7. The van der Waals surface area contributed by atoms with E-state index in [1.54, 1.807) is 0 Å². The summed E-state index contributed by atoms with van der Waals surface area (Å²) in [5, 5.41) is 12.1. The molecule has 0 radical (unpaired) electrons. The topological polar surface area (TPSA) is 72.6 Å². The van der Waals surface area contributed by atoms with Crippen molar-refractivity contribution in [2.75, 3.05) is 0 Å². The van der Waals surface area contributed by atoms with E-state index in [0.29, 0.717) is 11.5 Å². The molecule has 1 aromatic heterocycles. The van der Waals surface area contributed by atoms with Gasteiger partial charge >= 0.3 is 5.97 Å². The molecule has 0 spiro atoms. The Bertz CT molecular complexity index is 601. The molecule has 98 valence electrons. The zero-order valence-electron chi connectivity index (χ0n) is 10.4. The lowest BCUT2D eigenvalue weighted by molar-refractivity contribution is 0.0685. The Morgan fingerprint density at radius 3 is 2.95 bits per heavy atom. The minimum absolute atomic E-state index is 0.125. The first-order valence-electron chi connectivity index (χ1n) is 5.74. The Morgan fingerprint density at radius 2 is 2.26 bits per heavy atom. The van der Waals surface area contributed by atoms with Crippen molar-refractivity contribution >= 4 is 12.0 Å². The molecule has 19 heavy (non-hydrogen) atoms. The molecule has 0 atom stereocenters. The highest BCUT2D eigenvalue weighted by Gasteiger charge is 2.11. The van der Waals surface area contributed by atoms with Crippen LogP contribution in [0.1, 0.15) is 28.7 Å². The maximum Gasteiger partial charge on any atom is 0.358 e. The molecule has 2 aromatic rings. The monoisotopic (exact) mass is 259 g/mol. The molecule has 0 amide bonds. The second-order valence-corrected chi connectivity index (χ2v) is 3.81. The van der Waals surface area contributed by atoms with Crippen LogP contribution in [0.15, 0.2) is 40.9 Å². The average molecular weight is 259 g/mol. The molecular weight excluding hydrogens is 246 g/mol. The van der Waals surface area contributed by atoms with Crippen LogP contribution in [0.5, 0.6) is 5.75 Å². The summed E-state index contributed by atoms with van der Waals surface area (Å²) in [5.74, 6) is -0.0501. The fraction of sp³-hybridized carbons (Fsp3) is 0.143. The maximum absolute atomic E-state index is 10.7. The summed E-state index contributed by atoms with van der Waals surface area (Å²) in [6.45, 7) is 2.06. The Balaban J connectivity index is 2.07. The third kappa shape index (κ3) is 3.22. The molecule has 0 saturated carbocycles. The molecular formula is C14H13NO4. The van der Waals surface area contributed by atoms with Gasteiger partial charge in [-0.3, -0.25) is 0 Å². The van der Waals surface area contributed by atoms with Crippen molar-refractivity contribution in [2.45, 2.75) is 13.5 Å². The lowest BCUT2D eigenvalue weighted by Gasteiger charge is -2.06. The molecule has 1 aromatic carbocycles. The molecule has 1 heterocycles. The van der Waals surface area contributed by atoms with Gasteiger partial charge in [0, 0.05) is 11.6 Å². The van der Waals surface area contributed by atoms with Crippen LogP contribution in [0.3, 0.4) is 0 Å². The van der Waals surface area contributed by atoms with Gasteiger partial charge in [0.15, 0.2) is 11.5 Å². The summed E-state index contributed by atoms with van der Waals surface area (Å²) in [6.07, 6.45) is 3.84. The number of para-hydroxylation sites is 1. The van der Waals surface area contributed by atoms with E-state index in [-0.39, 0.29) is 12.3 Å². The SMILES string of the molecule is C/C=C/c1ccccc1OCc1cc(C(=O)O)no1. The van der Waals surface area contributed by atoms with Crippen LogP contribution in [0, 0.1) is 0 Å². The van der Waals surface area contributed by atoms with Gasteiger partial charge in [-0.1, -0.05) is 35.5 Å². The third-order valence-electron chi connectivity index (χ3n) is 2.41.